The van der Waals surface area contributed by atoms with Crippen molar-refractivity contribution in [1.82, 2.24) is 0 Å². The van der Waals surface area contributed by atoms with Gasteiger partial charge >= 0.3 is 0 Å². The van der Waals surface area contributed by atoms with Crippen LogP contribution in [0.15, 0.2) is 42.5 Å². The summed E-state index contributed by atoms with van der Waals surface area (Å²) in [4.78, 5) is 23.1. The molecular weight excluding hydrogens is 367 g/mol. The first kappa shape index (κ1) is 14.5. The molecule has 2 aromatic carbocycles. The van der Waals surface area contributed by atoms with Crippen LogP contribution in [0, 0.1) is 10.5 Å². The minimum absolute atomic E-state index is 0.217. The highest BCUT2D eigenvalue weighted by atomic mass is 127. The van der Waals surface area contributed by atoms with Crippen LogP contribution >= 0.6 is 22.6 Å². The number of hydrogen-bond donors (Lipinski definition) is 2. The average Bonchev–Trinajstić information content (AvgIpc) is 2.42. The fraction of sp³-hybridized carbons (Fsp3) is 0.0667. The Morgan fingerprint density at radius 3 is 2.20 bits per heavy atom. The van der Waals surface area contributed by atoms with Crippen molar-refractivity contribution in [3.05, 3.63) is 62.7 Å². The first-order chi connectivity index (χ1) is 9.47. The van der Waals surface area contributed by atoms with E-state index in [2.05, 4.69) is 27.9 Å². The topological polar surface area (TPSA) is 72.2 Å². The van der Waals surface area contributed by atoms with Gasteiger partial charge in [0.05, 0.1) is 0 Å². The molecule has 0 aromatic heterocycles. The van der Waals surface area contributed by atoms with Crippen LogP contribution in [-0.4, -0.2) is 11.8 Å². The molecule has 0 spiro atoms. The molecule has 2 amide bonds. The van der Waals surface area contributed by atoms with Crippen molar-refractivity contribution in [1.29, 1.82) is 0 Å². The van der Waals surface area contributed by atoms with Gasteiger partial charge in [-0.1, -0.05) is 0 Å². The standard InChI is InChI=1S/C15H13IN2O2/c1-9-8-12(16)6-7-13(9)18-15(20)11-4-2-10(3-5-11)14(17)19/h2-8H,1H3,(H2,17,19)(H,18,20). The predicted molar refractivity (Wildman–Crippen MR) is 86.8 cm³/mol. The third-order valence-corrected chi connectivity index (χ3v) is 3.54. The van der Waals surface area contributed by atoms with Gasteiger partial charge in [0.2, 0.25) is 5.91 Å². The lowest BCUT2D eigenvalue weighted by molar-refractivity contribution is 0.0995. The fourth-order valence-electron chi connectivity index (χ4n) is 1.75. The van der Waals surface area contributed by atoms with E-state index >= 15 is 0 Å². The van der Waals surface area contributed by atoms with E-state index in [0.717, 1.165) is 14.8 Å². The molecule has 0 bridgehead atoms. The fourth-order valence-corrected chi connectivity index (χ4v) is 2.39. The number of benzene rings is 2. The van der Waals surface area contributed by atoms with Gasteiger partial charge in [-0.25, -0.2) is 0 Å². The van der Waals surface area contributed by atoms with Gasteiger partial charge in [0.1, 0.15) is 0 Å². The van der Waals surface area contributed by atoms with E-state index in [4.69, 9.17) is 5.73 Å². The van der Waals surface area contributed by atoms with Gasteiger partial charge in [-0.2, -0.15) is 0 Å². The lowest BCUT2D eigenvalue weighted by Gasteiger charge is -2.09. The summed E-state index contributed by atoms with van der Waals surface area (Å²) in [5.41, 5.74) is 7.79. The average molecular weight is 380 g/mol. The molecule has 2 rings (SSSR count). The first-order valence-corrected chi connectivity index (χ1v) is 7.02. The molecule has 0 aliphatic carbocycles. The summed E-state index contributed by atoms with van der Waals surface area (Å²) in [7, 11) is 0. The van der Waals surface area contributed by atoms with Crippen LogP contribution in [0.3, 0.4) is 0 Å². The normalized spacial score (nSPS) is 10.1. The molecule has 3 N–H and O–H groups in total. The van der Waals surface area contributed by atoms with Gasteiger partial charge < -0.3 is 11.1 Å². The monoisotopic (exact) mass is 380 g/mol. The van der Waals surface area contributed by atoms with Crippen molar-refractivity contribution >= 4 is 40.1 Å². The Balaban J connectivity index is 2.17. The molecule has 0 unspecified atom stereocenters. The van der Waals surface area contributed by atoms with Crippen LogP contribution in [-0.2, 0) is 0 Å². The number of amides is 2. The summed E-state index contributed by atoms with van der Waals surface area (Å²) in [6.07, 6.45) is 0. The minimum Gasteiger partial charge on any atom is -0.366 e. The van der Waals surface area contributed by atoms with Gasteiger partial charge in [0, 0.05) is 20.4 Å². The third-order valence-electron chi connectivity index (χ3n) is 2.87. The number of nitrogens with one attached hydrogen (secondary N) is 1. The molecule has 5 heteroatoms. The largest absolute Gasteiger partial charge is 0.366 e. The summed E-state index contributed by atoms with van der Waals surface area (Å²) >= 11 is 2.22. The maximum absolute atomic E-state index is 12.1. The number of rotatable bonds is 3. The van der Waals surface area contributed by atoms with Crippen molar-refractivity contribution in [2.45, 2.75) is 6.92 Å². The zero-order valence-electron chi connectivity index (χ0n) is 10.8. The molecule has 0 fully saturated rings. The number of carbonyl (C=O) groups excluding carboxylic acids is 2. The third kappa shape index (κ3) is 3.36. The Morgan fingerprint density at radius 1 is 1.05 bits per heavy atom. The molecule has 0 aliphatic heterocycles. The lowest BCUT2D eigenvalue weighted by Crippen LogP contribution is -2.14. The number of carbonyl (C=O) groups is 2. The molecular formula is C15H13IN2O2. The molecule has 2 aromatic rings. The van der Waals surface area contributed by atoms with Crippen molar-refractivity contribution in [2.24, 2.45) is 5.73 Å². The van der Waals surface area contributed by atoms with E-state index in [1.54, 1.807) is 12.1 Å². The number of nitrogens with two attached hydrogens (primary N) is 1. The number of primary amides is 1. The first-order valence-electron chi connectivity index (χ1n) is 5.95. The van der Waals surface area contributed by atoms with Gasteiger partial charge in [-0.15, -0.1) is 0 Å². The zero-order valence-corrected chi connectivity index (χ0v) is 13.0. The molecule has 102 valence electrons. The van der Waals surface area contributed by atoms with E-state index in [1.807, 2.05) is 25.1 Å². The van der Waals surface area contributed by atoms with E-state index in [9.17, 15) is 9.59 Å². The number of aryl methyl sites for hydroxylation is 1. The molecule has 0 saturated carbocycles. The van der Waals surface area contributed by atoms with Crippen LogP contribution in [0.25, 0.3) is 0 Å². The number of anilines is 1. The summed E-state index contributed by atoms with van der Waals surface area (Å²) in [6, 6.07) is 12.0. The quantitative estimate of drug-likeness (QED) is 0.804. The van der Waals surface area contributed by atoms with Crippen molar-refractivity contribution in [3.63, 3.8) is 0 Å². The van der Waals surface area contributed by atoms with Gasteiger partial charge in [-0.3, -0.25) is 9.59 Å². The Bertz CT molecular complexity index is 666. The smallest absolute Gasteiger partial charge is 0.255 e. The molecule has 0 saturated heterocycles. The maximum Gasteiger partial charge on any atom is 0.255 e. The molecule has 0 aliphatic rings. The van der Waals surface area contributed by atoms with Crippen molar-refractivity contribution in [3.8, 4) is 0 Å². The van der Waals surface area contributed by atoms with Gasteiger partial charge in [0.15, 0.2) is 0 Å². The predicted octanol–water partition coefficient (Wildman–Crippen LogP) is 2.95. The minimum atomic E-state index is -0.509. The Labute approximate surface area is 130 Å². The molecule has 0 atom stereocenters. The zero-order chi connectivity index (χ0) is 14.7. The van der Waals surface area contributed by atoms with Crippen molar-refractivity contribution in [2.75, 3.05) is 5.32 Å². The summed E-state index contributed by atoms with van der Waals surface area (Å²) < 4.78 is 1.11. The lowest BCUT2D eigenvalue weighted by atomic mass is 10.1. The SMILES string of the molecule is Cc1cc(I)ccc1NC(=O)c1ccc(C(N)=O)cc1. The second-order valence-electron chi connectivity index (χ2n) is 4.35. The molecule has 20 heavy (non-hydrogen) atoms. The number of halogens is 1. The van der Waals surface area contributed by atoms with Crippen LogP contribution < -0.4 is 11.1 Å². The Morgan fingerprint density at radius 2 is 1.65 bits per heavy atom. The summed E-state index contributed by atoms with van der Waals surface area (Å²) in [6.45, 7) is 1.94. The van der Waals surface area contributed by atoms with Crippen LogP contribution in [0.4, 0.5) is 5.69 Å². The van der Waals surface area contributed by atoms with Crippen molar-refractivity contribution < 1.29 is 9.59 Å². The highest BCUT2D eigenvalue weighted by Crippen LogP contribution is 2.18. The molecule has 0 radical (unpaired) electrons. The van der Waals surface area contributed by atoms with Gasteiger partial charge in [0.25, 0.3) is 5.91 Å². The maximum atomic E-state index is 12.1. The van der Waals surface area contributed by atoms with Crippen LogP contribution in [0.2, 0.25) is 0 Å². The van der Waals surface area contributed by atoms with Crippen LogP contribution in [0.5, 0.6) is 0 Å². The summed E-state index contributed by atoms with van der Waals surface area (Å²) in [5, 5.41) is 2.84. The van der Waals surface area contributed by atoms with E-state index in [1.165, 1.54) is 12.1 Å². The highest BCUT2D eigenvalue weighted by Gasteiger charge is 2.09. The van der Waals surface area contributed by atoms with E-state index < -0.39 is 5.91 Å². The van der Waals surface area contributed by atoms with E-state index in [0.29, 0.717) is 11.1 Å². The second kappa shape index (κ2) is 6.04. The molecule has 0 heterocycles. The second-order valence-corrected chi connectivity index (χ2v) is 5.60. The van der Waals surface area contributed by atoms with Crippen LogP contribution in [0.1, 0.15) is 26.3 Å². The summed E-state index contributed by atoms with van der Waals surface area (Å²) in [5.74, 6) is -0.726. The van der Waals surface area contributed by atoms with E-state index in [-0.39, 0.29) is 5.91 Å². The Hall–Kier alpha value is -1.89. The number of hydrogen-bond acceptors (Lipinski definition) is 2. The van der Waals surface area contributed by atoms with Gasteiger partial charge in [-0.05, 0) is 77.5 Å². The Kier molecular flexibility index (Phi) is 4.39. The molecule has 4 nitrogen and oxygen atoms in total. The highest BCUT2D eigenvalue weighted by molar-refractivity contribution is 14.1.